The third-order valence-electron chi connectivity index (χ3n) is 3.04. The highest BCUT2D eigenvalue weighted by Gasteiger charge is 2.02. The average molecular weight is 259 g/mol. The molecule has 0 aliphatic carbocycles. The normalized spacial score (nSPS) is 12.8. The molecule has 0 amide bonds. The number of hydrogen-bond acceptors (Lipinski definition) is 3. The van der Waals surface area contributed by atoms with Crippen LogP contribution in [-0.4, -0.2) is 37.5 Å². The molecule has 2 N–H and O–H groups in total. The predicted molar refractivity (Wildman–Crippen MR) is 78.0 cm³/mol. The van der Waals surface area contributed by atoms with Gasteiger partial charge in [-0.1, -0.05) is 52.4 Å². The lowest BCUT2D eigenvalue weighted by atomic mass is 10.2. The third-order valence-corrected chi connectivity index (χ3v) is 3.04. The van der Waals surface area contributed by atoms with Crippen molar-refractivity contribution in [3.63, 3.8) is 0 Å². The van der Waals surface area contributed by atoms with Crippen LogP contribution in [0.1, 0.15) is 65.2 Å². The van der Waals surface area contributed by atoms with Crippen LogP contribution in [0.25, 0.3) is 0 Å². The summed E-state index contributed by atoms with van der Waals surface area (Å²) in [5.41, 5.74) is 0. The summed E-state index contributed by atoms with van der Waals surface area (Å²) >= 11 is 0. The van der Waals surface area contributed by atoms with Gasteiger partial charge in [0.25, 0.3) is 0 Å². The fraction of sp³-hybridized carbons (Fsp3) is 1.00. The molecule has 0 saturated heterocycles. The lowest BCUT2D eigenvalue weighted by molar-refractivity contribution is 0.0355. The molecule has 0 aromatic heterocycles. The van der Waals surface area contributed by atoms with Crippen LogP contribution < -0.4 is 5.32 Å². The van der Waals surface area contributed by atoms with E-state index in [-0.39, 0.29) is 6.10 Å². The fourth-order valence-electron chi connectivity index (χ4n) is 1.85. The first-order chi connectivity index (χ1) is 8.81. The van der Waals surface area contributed by atoms with Crippen LogP contribution in [0.2, 0.25) is 0 Å². The molecular formula is C15H33NO2. The molecule has 0 aliphatic rings. The van der Waals surface area contributed by atoms with Crippen molar-refractivity contribution in [1.29, 1.82) is 0 Å². The summed E-state index contributed by atoms with van der Waals surface area (Å²) in [4.78, 5) is 0. The molecule has 1 atom stereocenters. The Morgan fingerprint density at radius 3 is 2.28 bits per heavy atom. The number of aliphatic hydroxyl groups excluding tert-OH is 1. The monoisotopic (exact) mass is 259 g/mol. The first kappa shape index (κ1) is 17.9. The molecule has 0 spiro atoms. The van der Waals surface area contributed by atoms with Gasteiger partial charge in [0, 0.05) is 13.2 Å². The van der Waals surface area contributed by atoms with Crippen molar-refractivity contribution in [2.75, 3.05) is 26.3 Å². The van der Waals surface area contributed by atoms with Crippen LogP contribution >= 0.6 is 0 Å². The Balaban J connectivity index is 3.10. The number of unbranched alkanes of at least 4 members (excludes halogenated alkanes) is 6. The molecule has 0 bridgehead atoms. The van der Waals surface area contributed by atoms with Gasteiger partial charge in [-0.05, 0) is 19.4 Å². The van der Waals surface area contributed by atoms with E-state index in [2.05, 4.69) is 19.2 Å². The van der Waals surface area contributed by atoms with Crippen molar-refractivity contribution in [3.8, 4) is 0 Å². The van der Waals surface area contributed by atoms with Gasteiger partial charge in [0.1, 0.15) is 0 Å². The van der Waals surface area contributed by atoms with Crippen molar-refractivity contribution in [2.24, 2.45) is 0 Å². The van der Waals surface area contributed by atoms with Gasteiger partial charge >= 0.3 is 0 Å². The maximum Gasteiger partial charge on any atom is 0.0897 e. The zero-order chi connectivity index (χ0) is 13.5. The summed E-state index contributed by atoms with van der Waals surface area (Å²) in [6.45, 7) is 7.34. The summed E-state index contributed by atoms with van der Waals surface area (Å²) in [7, 11) is 0. The van der Waals surface area contributed by atoms with Gasteiger partial charge in [-0.2, -0.15) is 0 Å². The SMILES string of the molecule is CCCCCCNC[C@@H](O)COCCCCCC. The van der Waals surface area contributed by atoms with Gasteiger partial charge in [-0.25, -0.2) is 0 Å². The van der Waals surface area contributed by atoms with Crippen LogP contribution in [0.4, 0.5) is 0 Å². The van der Waals surface area contributed by atoms with Crippen molar-refractivity contribution in [2.45, 2.75) is 71.3 Å². The maximum absolute atomic E-state index is 9.67. The first-order valence-corrected chi connectivity index (χ1v) is 7.77. The Labute approximate surface area is 113 Å². The molecule has 0 aromatic rings. The molecule has 18 heavy (non-hydrogen) atoms. The lowest BCUT2D eigenvalue weighted by Gasteiger charge is -2.12. The molecule has 0 radical (unpaired) electrons. The van der Waals surface area contributed by atoms with Gasteiger partial charge < -0.3 is 15.2 Å². The Hall–Kier alpha value is -0.120. The largest absolute Gasteiger partial charge is 0.389 e. The summed E-state index contributed by atoms with van der Waals surface area (Å²) < 4.78 is 5.45. The molecule has 0 aliphatic heterocycles. The smallest absolute Gasteiger partial charge is 0.0897 e. The Bertz CT molecular complexity index is 137. The second kappa shape index (κ2) is 14.9. The van der Waals surface area contributed by atoms with Gasteiger partial charge in [0.2, 0.25) is 0 Å². The molecule has 3 nitrogen and oxygen atoms in total. The Morgan fingerprint density at radius 1 is 0.944 bits per heavy atom. The molecule has 3 heteroatoms. The van der Waals surface area contributed by atoms with E-state index in [1.54, 1.807) is 0 Å². The summed E-state index contributed by atoms with van der Waals surface area (Å²) in [6.07, 6.45) is 9.61. The number of aliphatic hydroxyl groups is 1. The molecule has 0 fully saturated rings. The summed E-state index contributed by atoms with van der Waals surface area (Å²) in [5, 5.41) is 12.9. The van der Waals surface area contributed by atoms with E-state index in [0.717, 1.165) is 19.6 Å². The Kier molecular flexibility index (Phi) is 14.8. The molecule has 0 heterocycles. The maximum atomic E-state index is 9.67. The minimum Gasteiger partial charge on any atom is -0.389 e. The van der Waals surface area contributed by atoms with Crippen molar-refractivity contribution < 1.29 is 9.84 Å². The van der Waals surface area contributed by atoms with E-state index < -0.39 is 0 Å². The predicted octanol–water partition coefficient (Wildman–Crippen LogP) is 3.11. The zero-order valence-electron chi connectivity index (χ0n) is 12.4. The second-order valence-corrected chi connectivity index (χ2v) is 5.05. The van der Waals surface area contributed by atoms with E-state index in [1.807, 2.05) is 0 Å². The quantitative estimate of drug-likeness (QED) is 0.471. The zero-order valence-corrected chi connectivity index (χ0v) is 12.4. The highest BCUT2D eigenvalue weighted by Crippen LogP contribution is 1.99. The van der Waals surface area contributed by atoms with Gasteiger partial charge in [-0.15, -0.1) is 0 Å². The van der Waals surface area contributed by atoms with Gasteiger partial charge in [0.15, 0.2) is 0 Å². The van der Waals surface area contributed by atoms with Crippen molar-refractivity contribution in [3.05, 3.63) is 0 Å². The second-order valence-electron chi connectivity index (χ2n) is 5.05. The topological polar surface area (TPSA) is 41.5 Å². The van der Waals surface area contributed by atoms with Crippen molar-refractivity contribution in [1.82, 2.24) is 5.32 Å². The highest BCUT2D eigenvalue weighted by atomic mass is 16.5. The first-order valence-electron chi connectivity index (χ1n) is 7.77. The molecule has 0 aromatic carbocycles. The van der Waals surface area contributed by atoms with Gasteiger partial charge in [-0.3, -0.25) is 0 Å². The lowest BCUT2D eigenvalue weighted by Crippen LogP contribution is -2.31. The van der Waals surface area contributed by atoms with Crippen molar-refractivity contribution >= 4 is 0 Å². The number of ether oxygens (including phenoxy) is 1. The molecule has 0 saturated carbocycles. The van der Waals surface area contributed by atoms with Crippen LogP contribution in [0.15, 0.2) is 0 Å². The van der Waals surface area contributed by atoms with Crippen LogP contribution in [0, 0.1) is 0 Å². The number of hydrogen-bond donors (Lipinski definition) is 2. The van der Waals surface area contributed by atoms with Crippen LogP contribution in [-0.2, 0) is 4.74 Å². The summed E-state index contributed by atoms with van der Waals surface area (Å²) in [5.74, 6) is 0. The highest BCUT2D eigenvalue weighted by molar-refractivity contribution is 4.58. The minimum atomic E-state index is -0.359. The van der Waals surface area contributed by atoms with E-state index in [0.29, 0.717) is 13.2 Å². The van der Waals surface area contributed by atoms with E-state index in [1.165, 1.54) is 44.9 Å². The number of rotatable bonds is 14. The molecule has 0 rings (SSSR count). The van der Waals surface area contributed by atoms with E-state index in [4.69, 9.17) is 4.74 Å². The average Bonchev–Trinajstić information content (AvgIpc) is 2.38. The minimum absolute atomic E-state index is 0.359. The molecular weight excluding hydrogens is 226 g/mol. The van der Waals surface area contributed by atoms with Crippen LogP contribution in [0.5, 0.6) is 0 Å². The van der Waals surface area contributed by atoms with E-state index in [9.17, 15) is 5.11 Å². The fourth-order valence-corrected chi connectivity index (χ4v) is 1.85. The number of nitrogens with one attached hydrogen (secondary N) is 1. The molecule has 0 unspecified atom stereocenters. The van der Waals surface area contributed by atoms with E-state index >= 15 is 0 Å². The van der Waals surface area contributed by atoms with Crippen LogP contribution in [0.3, 0.4) is 0 Å². The molecule has 110 valence electrons. The summed E-state index contributed by atoms with van der Waals surface area (Å²) in [6, 6.07) is 0. The standard InChI is InChI=1S/C15H33NO2/c1-3-5-7-9-11-16-13-15(17)14-18-12-10-8-6-4-2/h15-17H,3-14H2,1-2H3/t15-/m1/s1. The third kappa shape index (κ3) is 13.9. The Morgan fingerprint density at radius 2 is 1.61 bits per heavy atom. The van der Waals surface area contributed by atoms with Gasteiger partial charge in [0.05, 0.1) is 12.7 Å².